The second-order valence-electron chi connectivity index (χ2n) is 7.52. The van der Waals surface area contributed by atoms with Crippen molar-refractivity contribution in [3.8, 4) is 5.75 Å². The van der Waals surface area contributed by atoms with Crippen molar-refractivity contribution in [3.05, 3.63) is 33.6 Å². The zero-order valence-corrected chi connectivity index (χ0v) is 18.0. The largest absolute Gasteiger partial charge is 0.495 e. The van der Waals surface area contributed by atoms with Crippen LogP contribution in [0.2, 0.25) is 0 Å². The van der Waals surface area contributed by atoms with Crippen LogP contribution in [0.25, 0.3) is 23.1 Å². The van der Waals surface area contributed by atoms with Gasteiger partial charge in [0.2, 0.25) is 0 Å². The van der Waals surface area contributed by atoms with Crippen LogP contribution >= 0.6 is 11.3 Å². The van der Waals surface area contributed by atoms with Gasteiger partial charge in [0.1, 0.15) is 17.5 Å². The molecule has 4 N–H and O–H groups in total. The summed E-state index contributed by atoms with van der Waals surface area (Å²) in [7, 11) is 5.13. The summed E-state index contributed by atoms with van der Waals surface area (Å²) in [6, 6.07) is 4.03. The fraction of sp³-hybridized carbons (Fsp3) is 0.381. The Morgan fingerprint density at radius 3 is 3.00 bits per heavy atom. The Morgan fingerprint density at radius 2 is 2.20 bits per heavy atom. The number of thiophene rings is 1. The molecule has 0 fully saturated rings. The normalized spacial score (nSPS) is 22.4. The van der Waals surface area contributed by atoms with Crippen LogP contribution in [0, 0.1) is 0 Å². The number of methoxy groups -OCH3 is 3. The average Bonchev–Trinajstić information content (AvgIpc) is 3.36. The maximum absolute atomic E-state index is 5.81. The Hall–Kier alpha value is -2.59. The molecule has 1 aliphatic heterocycles. The number of nitrogens with one attached hydrogen (secondary N) is 4. The van der Waals surface area contributed by atoms with E-state index < -0.39 is 5.60 Å². The lowest BCUT2D eigenvalue weighted by Gasteiger charge is -2.30. The van der Waals surface area contributed by atoms with Crippen LogP contribution in [0.15, 0.2) is 18.3 Å². The van der Waals surface area contributed by atoms with Gasteiger partial charge in [-0.15, -0.1) is 11.3 Å². The number of ether oxygens (including phenoxy) is 3. The second-order valence-corrected chi connectivity index (χ2v) is 8.57. The van der Waals surface area contributed by atoms with Gasteiger partial charge >= 0.3 is 0 Å². The molecule has 2 aliphatic rings. The summed E-state index contributed by atoms with van der Waals surface area (Å²) in [5, 5.41) is 21.2. The number of fused-ring (bicyclic) bond motifs is 4. The molecule has 0 saturated carbocycles. The molecule has 30 heavy (non-hydrogen) atoms. The van der Waals surface area contributed by atoms with Crippen molar-refractivity contribution in [2.75, 3.05) is 45.2 Å². The molecular weight excluding hydrogens is 402 g/mol. The van der Waals surface area contributed by atoms with Gasteiger partial charge in [0.15, 0.2) is 0 Å². The van der Waals surface area contributed by atoms with Crippen LogP contribution in [0.5, 0.6) is 5.75 Å². The predicted octanol–water partition coefficient (Wildman–Crippen LogP) is 1.71. The van der Waals surface area contributed by atoms with Crippen LogP contribution in [0.3, 0.4) is 0 Å². The van der Waals surface area contributed by atoms with Crippen molar-refractivity contribution >= 4 is 45.1 Å². The number of nitrogens with zero attached hydrogens (tertiary/aromatic N) is 1. The summed E-state index contributed by atoms with van der Waals surface area (Å²) in [5.41, 5.74) is 2.67. The number of aromatic nitrogens is 2. The highest BCUT2D eigenvalue weighted by Crippen LogP contribution is 2.34. The fourth-order valence-corrected chi connectivity index (χ4v) is 5.48. The smallest absolute Gasteiger partial charge is 0.144 e. The number of H-pyrrole nitrogens is 1. The van der Waals surface area contributed by atoms with E-state index in [4.69, 9.17) is 14.2 Å². The quantitative estimate of drug-likeness (QED) is 0.476. The molecule has 3 heterocycles. The summed E-state index contributed by atoms with van der Waals surface area (Å²) in [5.74, 6) is 0.770. The fourth-order valence-electron chi connectivity index (χ4n) is 4.20. The van der Waals surface area contributed by atoms with E-state index >= 15 is 0 Å². The van der Waals surface area contributed by atoms with Gasteiger partial charge < -0.3 is 24.8 Å². The highest BCUT2D eigenvalue weighted by molar-refractivity contribution is 7.14. The van der Waals surface area contributed by atoms with Crippen LogP contribution < -0.4 is 30.4 Å². The first-order valence-corrected chi connectivity index (χ1v) is 10.6. The summed E-state index contributed by atoms with van der Waals surface area (Å²) in [6.45, 7) is 1.20. The van der Waals surface area contributed by atoms with Crippen molar-refractivity contribution < 1.29 is 14.2 Å². The topological polar surface area (TPSA) is 92.5 Å². The van der Waals surface area contributed by atoms with E-state index in [-0.39, 0.29) is 6.17 Å². The van der Waals surface area contributed by atoms with Gasteiger partial charge in [0.05, 0.1) is 42.8 Å². The Labute approximate surface area is 177 Å². The molecule has 3 aromatic rings. The summed E-state index contributed by atoms with van der Waals surface area (Å²) < 4.78 is 18.0. The SMILES string of the molecule is COC[C@@]1(OC)C=c2sc3c(c2=CC1)C(Nc1cc2cn[nH]c2cc1OC)NCN3. The molecule has 9 heteroatoms. The molecule has 0 amide bonds. The van der Waals surface area contributed by atoms with Crippen LogP contribution in [-0.2, 0) is 9.47 Å². The van der Waals surface area contributed by atoms with E-state index in [0.717, 1.165) is 33.8 Å². The molecule has 158 valence electrons. The lowest BCUT2D eigenvalue weighted by Crippen LogP contribution is -2.44. The van der Waals surface area contributed by atoms with Crippen molar-refractivity contribution in [1.29, 1.82) is 0 Å². The molecule has 0 radical (unpaired) electrons. The number of benzene rings is 1. The van der Waals surface area contributed by atoms with Crippen molar-refractivity contribution in [2.24, 2.45) is 0 Å². The van der Waals surface area contributed by atoms with Gasteiger partial charge in [-0.2, -0.15) is 5.10 Å². The minimum atomic E-state index is -0.416. The molecular formula is C21H25N5O3S. The van der Waals surface area contributed by atoms with Gasteiger partial charge in [-0.25, -0.2) is 0 Å². The highest BCUT2D eigenvalue weighted by Gasteiger charge is 2.32. The molecule has 8 nitrogen and oxygen atoms in total. The molecule has 2 aromatic heterocycles. The Morgan fingerprint density at radius 1 is 1.30 bits per heavy atom. The third-order valence-electron chi connectivity index (χ3n) is 5.76. The van der Waals surface area contributed by atoms with Crippen molar-refractivity contribution in [2.45, 2.75) is 18.2 Å². The van der Waals surface area contributed by atoms with E-state index in [9.17, 15) is 0 Å². The maximum Gasteiger partial charge on any atom is 0.144 e. The van der Waals surface area contributed by atoms with Gasteiger partial charge in [0, 0.05) is 42.2 Å². The summed E-state index contributed by atoms with van der Waals surface area (Å²) in [4.78, 5) is 0. The van der Waals surface area contributed by atoms with E-state index in [1.165, 1.54) is 15.3 Å². The molecule has 0 saturated heterocycles. The first-order valence-electron chi connectivity index (χ1n) is 9.81. The van der Waals surface area contributed by atoms with Crippen LogP contribution in [0.1, 0.15) is 18.2 Å². The van der Waals surface area contributed by atoms with Crippen molar-refractivity contribution in [1.82, 2.24) is 15.5 Å². The molecule has 1 aliphatic carbocycles. The first kappa shape index (κ1) is 19.4. The standard InChI is InChI=1S/C21H25N5O3S/c1-27-10-21(29-3)5-4-13-17(8-21)30-20-18(13)19(22-11-23-20)25-15-6-12-9-24-26-14(12)7-16(15)28-2/h4,6-9,19,22-23,25H,5,10-11H2,1-3H3,(H,24,26)/t19?,21-/m0/s1. The first-order chi connectivity index (χ1) is 14.7. The number of anilines is 2. The molecule has 5 rings (SSSR count). The summed E-state index contributed by atoms with van der Waals surface area (Å²) in [6.07, 6.45) is 6.99. The Bertz CT molecular complexity index is 1200. The van der Waals surface area contributed by atoms with Crippen LogP contribution in [0.4, 0.5) is 10.7 Å². The van der Waals surface area contributed by atoms with Gasteiger partial charge in [-0.05, 0) is 17.4 Å². The monoisotopic (exact) mass is 427 g/mol. The molecule has 1 aromatic carbocycles. The van der Waals surface area contributed by atoms with Gasteiger partial charge in [-0.1, -0.05) is 6.08 Å². The van der Waals surface area contributed by atoms with Crippen molar-refractivity contribution in [3.63, 3.8) is 0 Å². The van der Waals surface area contributed by atoms with E-state index in [2.05, 4.69) is 44.4 Å². The molecule has 2 atom stereocenters. The number of aromatic amines is 1. The maximum atomic E-state index is 5.81. The molecule has 0 spiro atoms. The second kappa shape index (κ2) is 7.59. The molecule has 0 bridgehead atoms. The van der Waals surface area contributed by atoms with Gasteiger partial charge in [-0.3, -0.25) is 10.4 Å². The number of hydrogen-bond acceptors (Lipinski definition) is 8. The van der Waals surface area contributed by atoms with E-state index in [1.54, 1.807) is 32.7 Å². The number of hydrogen-bond donors (Lipinski definition) is 4. The highest BCUT2D eigenvalue weighted by atomic mass is 32.1. The Balaban J connectivity index is 1.56. The third kappa shape index (κ3) is 3.14. The minimum absolute atomic E-state index is 0.0541. The average molecular weight is 428 g/mol. The lowest BCUT2D eigenvalue weighted by atomic mass is 9.94. The van der Waals surface area contributed by atoms with E-state index in [0.29, 0.717) is 13.3 Å². The summed E-state index contributed by atoms with van der Waals surface area (Å²) >= 11 is 1.75. The predicted molar refractivity (Wildman–Crippen MR) is 119 cm³/mol. The van der Waals surface area contributed by atoms with Gasteiger partial charge in [0.25, 0.3) is 0 Å². The Kier molecular flexibility index (Phi) is 4.90. The molecule has 1 unspecified atom stereocenters. The number of rotatable bonds is 6. The van der Waals surface area contributed by atoms with Crippen LogP contribution in [-0.4, -0.2) is 50.4 Å². The zero-order chi connectivity index (χ0) is 20.7. The lowest BCUT2D eigenvalue weighted by molar-refractivity contribution is -0.0137. The third-order valence-corrected chi connectivity index (χ3v) is 6.88. The minimum Gasteiger partial charge on any atom is -0.495 e. The zero-order valence-electron chi connectivity index (χ0n) is 17.2. The van der Waals surface area contributed by atoms with E-state index in [1.807, 2.05) is 12.3 Å².